The van der Waals surface area contributed by atoms with Crippen molar-refractivity contribution in [2.24, 2.45) is 0 Å². The number of hydrogen-bond acceptors (Lipinski definition) is 4. The molecule has 1 aliphatic rings. The Kier molecular flexibility index (Phi) is 6.09. The first-order chi connectivity index (χ1) is 15.2. The van der Waals surface area contributed by atoms with E-state index in [1.54, 1.807) is 17.0 Å². The maximum absolute atomic E-state index is 13.8. The Morgan fingerprint density at radius 3 is 2.56 bits per heavy atom. The number of para-hydroxylation sites is 2. The molecular formula is C25H31FN4O2. The number of fused-ring (bicyclic) bond motifs is 1. The van der Waals surface area contributed by atoms with E-state index in [9.17, 15) is 9.18 Å². The second-order valence-corrected chi connectivity index (χ2v) is 9.43. The fourth-order valence-electron chi connectivity index (χ4n) is 4.21. The summed E-state index contributed by atoms with van der Waals surface area (Å²) in [6.07, 6.45) is 1.38. The predicted octanol–water partition coefficient (Wildman–Crippen LogP) is 5.06. The summed E-state index contributed by atoms with van der Waals surface area (Å²) in [7, 11) is 1.81. The lowest BCUT2D eigenvalue weighted by Crippen LogP contribution is -2.47. The van der Waals surface area contributed by atoms with Crippen molar-refractivity contribution in [3.63, 3.8) is 0 Å². The Bertz CT molecular complexity index is 1100. The van der Waals surface area contributed by atoms with Crippen LogP contribution in [0.25, 0.3) is 11.0 Å². The maximum atomic E-state index is 13.8. The van der Waals surface area contributed by atoms with Crippen LogP contribution in [0.2, 0.25) is 0 Å². The van der Waals surface area contributed by atoms with E-state index in [0.29, 0.717) is 6.54 Å². The first-order valence-corrected chi connectivity index (χ1v) is 11.1. The molecular weight excluding hydrogens is 407 g/mol. The van der Waals surface area contributed by atoms with Crippen molar-refractivity contribution < 1.29 is 13.9 Å². The van der Waals surface area contributed by atoms with Gasteiger partial charge < -0.3 is 19.1 Å². The molecule has 6 nitrogen and oxygen atoms in total. The van der Waals surface area contributed by atoms with Gasteiger partial charge in [0.05, 0.1) is 17.6 Å². The molecule has 1 saturated heterocycles. The number of rotatable bonds is 4. The van der Waals surface area contributed by atoms with Crippen LogP contribution in [0.15, 0.2) is 48.5 Å². The smallest absolute Gasteiger partial charge is 0.410 e. The summed E-state index contributed by atoms with van der Waals surface area (Å²) in [4.78, 5) is 21.3. The molecule has 32 heavy (non-hydrogen) atoms. The van der Waals surface area contributed by atoms with Crippen molar-refractivity contribution in [1.82, 2.24) is 14.5 Å². The summed E-state index contributed by atoms with van der Waals surface area (Å²) < 4.78 is 21.5. The minimum atomic E-state index is -0.506. The zero-order valence-corrected chi connectivity index (χ0v) is 19.2. The van der Waals surface area contributed by atoms with Crippen molar-refractivity contribution >= 4 is 23.1 Å². The molecule has 170 valence electrons. The number of hydrogen-bond donors (Lipinski definition) is 0. The topological polar surface area (TPSA) is 50.6 Å². The molecule has 0 radical (unpaired) electrons. The minimum absolute atomic E-state index is 0.127. The van der Waals surface area contributed by atoms with Gasteiger partial charge in [-0.3, -0.25) is 0 Å². The van der Waals surface area contributed by atoms with E-state index < -0.39 is 5.60 Å². The summed E-state index contributed by atoms with van der Waals surface area (Å²) in [5.41, 5.74) is 2.34. The third-order valence-electron chi connectivity index (χ3n) is 5.84. The van der Waals surface area contributed by atoms with E-state index in [2.05, 4.69) is 9.47 Å². The molecule has 1 aliphatic heterocycles. The second-order valence-electron chi connectivity index (χ2n) is 9.43. The lowest BCUT2D eigenvalue weighted by atomic mass is 10.0. The molecule has 1 aromatic heterocycles. The quantitative estimate of drug-likeness (QED) is 0.571. The highest BCUT2D eigenvalue weighted by Gasteiger charge is 2.30. The average Bonchev–Trinajstić information content (AvgIpc) is 3.10. The number of carbonyl (C=O) groups is 1. The highest BCUT2D eigenvalue weighted by Crippen LogP contribution is 2.28. The first kappa shape index (κ1) is 22.1. The van der Waals surface area contributed by atoms with E-state index in [1.165, 1.54) is 6.07 Å². The predicted molar refractivity (Wildman–Crippen MR) is 124 cm³/mol. The molecule has 0 unspecified atom stereocenters. The molecule has 0 aliphatic carbocycles. The van der Waals surface area contributed by atoms with Crippen molar-refractivity contribution in [3.8, 4) is 0 Å². The van der Waals surface area contributed by atoms with Crippen LogP contribution in [0.4, 0.5) is 15.1 Å². The van der Waals surface area contributed by atoms with Gasteiger partial charge in [-0.25, -0.2) is 14.2 Å². The summed E-state index contributed by atoms with van der Waals surface area (Å²) in [6, 6.07) is 14.9. The van der Waals surface area contributed by atoms with Gasteiger partial charge in [0.25, 0.3) is 0 Å². The molecule has 0 bridgehead atoms. The van der Waals surface area contributed by atoms with Gasteiger partial charge in [-0.2, -0.15) is 0 Å². The lowest BCUT2D eigenvalue weighted by Gasteiger charge is -2.37. The molecule has 3 aromatic rings. The summed E-state index contributed by atoms with van der Waals surface area (Å²) >= 11 is 0. The molecule has 1 amide bonds. The molecule has 0 atom stereocenters. The standard InChI is InChI=1S/C25H31FN4O2/c1-25(2,3)32-24(31)28(4)20-12-14-29(15-13-20)23-27-21-10-5-6-11-22(21)30(23)17-18-8-7-9-19(26)16-18/h5-11,16,20H,12-15,17H2,1-4H3. The highest BCUT2D eigenvalue weighted by atomic mass is 19.1. The van der Waals surface area contributed by atoms with Crippen molar-refractivity contribution in [2.45, 2.75) is 51.8 Å². The number of ether oxygens (including phenoxy) is 1. The third kappa shape index (κ3) is 4.87. The van der Waals surface area contributed by atoms with Crippen molar-refractivity contribution in [1.29, 1.82) is 0 Å². The zero-order valence-electron chi connectivity index (χ0n) is 19.2. The Labute approximate surface area is 188 Å². The fourth-order valence-corrected chi connectivity index (χ4v) is 4.21. The normalized spacial score (nSPS) is 15.2. The molecule has 0 spiro atoms. The molecule has 4 rings (SSSR count). The van der Waals surface area contributed by atoms with Crippen molar-refractivity contribution in [3.05, 3.63) is 59.9 Å². The van der Waals surface area contributed by atoms with Crippen molar-refractivity contribution in [2.75, 3.05) is 25.0 Å². The molecule has 2 aromatic carbocycles. The van der Waals surface area contributed by atoms with Crippen LogP contribution in [-0.4, -0.2) is 52.3 Å². The van der Waals surface area contributed by atoms with Gasteiger partial charge in [0.2, 0.25) is 5.95 Å². The van der Waals surface area contributed by atoms with E-state index >= 15 is 0 Å². The Morgan fingerprint density at radius 2 is 1.88 bits per heavy atom. The minimum Gasteiger partial charge on any atom is -0.444 e. The number of benzene rings is 2. The largest absolute Gasteiger partial charge is 0.444 e. The fraction of sp³-hybridized carbons (Fsp3) is 0.440. The first-order valence-electron chi connectivity index (χ1n) is 11.1. The van der Waals surface area contributed by atoms with Gasteiger partial charge in [0, 0.05) is 26.2 Å². The summed E-state index contributed by atoms with van der Waals surface area (Å²) in [5.74, 6) is 0.647. The van der Waals surface area contributed by atoms with E-state index in [-0.39, 0.29) is 18.0 Å². The maximum Gasteiger partial charge on any atom is 0.410 e. The van der Waals surface area contributed by atoms with Crippen LogP contribution in [-0.2, 0) is 11.3 Å². The SMILES string of the molecule is CN(C(=O)OC(C)(C)C)C1CCN(c2nc3ccccc3n2Cc2cccc(F)c2)CC1. The second kappa shape index (κ2) is 8.81. The highest BCUT2D eigenvalue weighted by molar-refractivity contribution is 5.79. The summed E-state index contributed by atoms with van der Waals surface area (Å²) in [6.45, 7) is 7.75. The number of amides is 1. The number of anilines is 1. The molecule has 7 heteroatoms. The van der Waals surface area contributed by atoms with Gasteiger partial charge in [-0.05, 0) is 63.4 Å². The van der Waals surface area contributed by atoms with E-state index in [4.69, 9.17) is 9.72 Å². The Morgan fingerprint density at radius 1 is 1.16 bits per heavy atom. The van der Waals surface area contributed by atoms with Crippen LogP contribution >= 0.6 is 0 Å². The summed E-state index contributed by atoms with van der Waals surface area (Å²) in [5, 5.41) is 0. The molecule has 2 heterocycles. The number of piperidine rings is 1. The van der Waals surface area contributed by atoms with E-state index in [1.807, 2.05) is 58.2 Å². The zero-order chi connectivity index (χ0) is 22.9. The van der Waals surface area contributed by atoms with Crippen LogP contribution in [0.3, 0.4) is 0 Å². The van der Waals surface area contributed by atoms with Gasteiger partial charge in [-0.1, -0.05) is 24.3 Å². The van der Waals surface area contributed by atoms with Crippen LogP contribution in [0, 0.1) is 5.82 Å². The Balaban J connectivity index is 1.53. The van der Waals surface area contributed by atoms with Gasteiger partial charge in [-0.15, -0.1) is 0 Å². The van der Waals surface area contributed by atoms with Crippen LogP contribution in [0.5, 0.6) is 0 Å². The van der Waals surface area contributed by atoms with Crippen LogP contribution < -0.4 is 4.90 Å². The monoisotopic (exact) mass is 438 g/mol. The number of aromatic nitrogens is 2. The molecule has 0 saturated carbocycles. The number of nitrogens with zero attached hydrogens (tertiary/aromatic N) is 4. The van der Waals surface area contributed by atoms with Gasteiger partial charge in [0.15, 0.2) is 0 Å². The lowest BCUT2D eigenvalue weighted by molar-refractivity contribution is 0.0200. The third-order valence-corrected chi connectivity index (χ3v) is 5.84. The van der Waals surface area contributed by atoms with Gasteiger partial charge >= 0.3 is 6.09 Å². The van der Waals surface area contributed by atoms with Crippen LogP contribution in [0.1, 0.15) is 39.2 Å². The number of halogens is 1. The number of imidazole rings is 1. The Hall–Kier alpha value is -3.09. The number of carbonyl (C=O) groups excluding carboxylic acids is 1. The molecule has 0 N–H and O–H groups in total. The average molecular weight is 439 g/mol. The van der Waals surface area contributed by atoms with E-state index in [0.717, 1.165) is 48.5 Å². The molecule has 1 fully saturated rings. The van der Waals surface area contributed by atoms with Gasteiger partial charge in [0.1, 0.15) is 11.4 Å².